The molecule has 0 aromatic rings. The first-order chi connectivity index (χ1) is 7.13. The van der Waals surface area contributed by atoms with Crippen molar-refractivity contribution in [2.24, 2.45) is 22.7 Å². The predicted molar refractivity (Wildman–Crippen MR) is 62.0 cm³/mol. The summed E-state index contributed by atoms with van der Waals surface area (Å²) in [7, 11) is 2.18. The number of hydrogen-bond acceptors (Lipinski definition) is 3. The largest absolute Gasteiger partial charge is 0.409 e. The van der Waals surface area contributed by atoms with Crippen molar-refractivity contribution >= 4 is 5.84 Å². The molecule has 3 N–H and O–H groups in total. The van der Waals surface area contributed by atoms with Gasteiger partial charge in [-0.1, -0.05) is 12.1 Å². The summed E-state index contributed by atoms with van der Waals surface area (Å²) in [6.07, 6.45) is 4.22. The lowest BCUT2D eigenvalue weighted by Gasteiger charge is -2.15. The van der Waals surface area contributed by atoms with Crippen LogP contribution in [0.3, 0.4) is 0 Å². The van der Waals surface area contributed by atoms with Gasteiger partial charge in [0.25, 0.3) is 0 Å². The minimum atomic E-state index is 0.341. The van der Waals surface area contributed by atoms with Crippen LogP contribution in [0.15, 0.2) is 5.16 Å². The Morgan fingerprint density at radius 3 is 2.73 bits per heavy atom. The molecule has 0 radical (unpaired) electrons. The van der Waals surface area contributed by atoms with Crippen molar-refractivity contribution in [1.29, 1.82) is 0 Å². The molecule has 2 unspecified atom stereocenters. The fraction of sp³-hybridized carbons (Fsp3) is 0.909. The maximum absolute atomic E-state index is 8.35. The zero-order chi connectivity index (χ0) is 11.3. The highest BCUT2D eigenvalue weighted by atomic mass is 16.4. The SMILES string of the molecule is CC1CC1CN(C)CCCCC(N)=NO. The average Bonchev–Trinajstić information content (AvgIpc) is 2.88. The monoisotopic (exact) mass is 213 g/mol. The van der Waals surface area contributed by atoms with Gasteiger partial charge in [0, 0.05) is 13.0 Å². The van der Waals surface area contributed by atoms with Gasteiger partial charge in [-0.25, -0.2) is 0 Å². The van der Waals surface area contributed by atoms with Crippen molar-refractivity contribution in [3.8, 4) is 0 Å². The van der Waals surface area contributed by atoms with E-state index in [0.717, 1.165) is 31.2 Å². The standard InChI is InChI=1S/C11H23N3O/c1-9-7-10(9)8-14(2)6-4-3-5-11(12)13-15/h9-10,15H,3-8H2,1-2H3,(H2,12,13). The molecule has 0 bridgehead atoms. The van der Waals surface area contributed by atoms with E-state index in [1.54, 1.807) is 0 Å². The number of nitrogens with zero attached hydrogens (tertiary/aromatic N) is 2. The van der Waals surface area contributed by atoms with Crippen LogP contribution in [0.5, 0.6) is 0 Å². The molecule has 0 heterocycles. The van der Waals surface area contributed by atoms with Gasteiger partial charge in [0.15, 0.2) is 0 Å². The molecule has 1 saturated carbocycles. The summed E-state index contributed by atoms with van der Waals surface area (Å²) < 4.78 is 0. The molecule has 0 aliphatic heterocycles. The maximum Gasteiger partial charge on any atom is 0.139 e. The minimum absolute atomic E-state index is 0.341. The summed E-state index contributed by atoms with van der Waals surface area (Å²) in [5.74, 6) is 2.21. The van der Waals surface area contributed by atoms with Gasteiger partial charge >= 0.3 is 0 Å². The maximum atomic E-state index is 8.35. The topological polar surface area (TPSA) is 61.8 Å². The van der Waals surface area contributed by atoms with Crippen molar-refractivity contribution in [1.82, 2.24) is 4.90 Å². The molecule has 0 aromatic carbocycles. The highest BCUT2D eigenvalue weighted by Gasteiger charge is 2.32. The van der Waals surface area contributed by atoms with Crippen LogP contribution in [0.1, 0.15) is 32.6 Å². The number of amidine groups is 1. The summed E-state index contributed by atoms with van der Waals surface area (Å²) in [5.41, 5.74) is 5.39. The van der Waals surface area contributed by atoms with Gasteiger partial charge in [-0.15, -0.1) is 0 Å². The first kappa shape index (κ1) is 12.3. The smallest absolute Gasteiger partial charge is 0.139 e. The molecule has 2 atom stereocenters. The number of rotatable bonds is 7. The third-order valence-electron chi connectivity index (χ3n) is 3.17. The van der Waals surface area contributed by atoms with Crippen molar-refractivity contribution in [3.63, 3.8) is 0 Å². The van der Waals surface area contributed by atoms with E-state index >= 15 is 0 Å². The molecule has 1 fully saturated rings. The van der Waals surface area contributed by atoms with Crippen LogP contribution in [0.2, 0.25) is 0 Å². The predicted octanol–water partition coefficient (Wildman–Crippen LogP) is 1.49. The number of oxime groups is 1. The third kappa shape index (κ3) is 5.02. The molecule has 1 aliphatic rings. The number of hydrogen-bond donors (Lipinski definition) is 2. The van der Waals surface area contributed by atoms with E-state index < -0.39 is 0 Å². The van der Waals surface area contributed by atoms with Gasteiger partial charge in [-0.3, -0.25) is 0 Å². The zero-order valence-electron chi connectivity index (χ0n) is 9.82. The van der Waals surface area contributed by atoms with Crippen molar-refractivity contribution in [2.75, 3.05) is 20.1 Å². The van der Waals surface area contributed by atoms with E-state index in [9.17, 15) is 0 Å². The summed E-state index contributed by atoms with van der Waals surface area (Å²) in [6, 6.07) is 0. The van der Waals surface area contributed by atoms with Crippen LogP contribution in [0.4, 0.5) is 0 Å². The molecule has 0 aromatic heterocycles. The lowest BCUT2D eigenvalue weighted by molar-refractivity contribution is 0.306. The molecule has 0 amide bonds. The minimum Gasteiger partial charge on any atom is -0.409 e. The Hall–Kier alpha value is -0.770. The van der Waals surface area contributed by atoms with Crippen LogP contribution in [-0.2, 0) is 0 Å². The van der Waals surface area contributed by atoms with E-state index in [1.165, 1.54) is 13.0 Å². The molecule has 15 heavy (non-hydrogen) atoms. The Labute approximate surface area is 92.1 Å². The Bertz CT molecular complexity index is 218. The fourth-order valence-electron chi connectivity index (χ4n) is 1.88. The van der Waals surface area contributed by atoms with E-state index in [4.69, 9.17) is 10.9 Å². The molecular formula is C11H23N3O. The third-order valence-corrected chi connectivity index (χ3v) is 3.17. The quantitative estimate of drug-likeness (QED) is 0.221. The van der Waals surface area contributed by atoms with Crippen molar-refractivity contribution < 1.29 is 5.21 Å². The zero-order valence-corrected chi connectivity index (χ0v) is 9.82. The van der Waals surface area contributed by atoms with Crippen LogP contribution in [-0.4, -0.2) is 36.1 Å². The van der Waals surface area contributed by atoms with Crippen LogP contribution in [0, 0.1) is 11.8 Å². The lowest BCUT2D eigenvalue weighted by atomic mass is 10.2. The first-order valence-corrected chi connectivity index (χ1v) is 5.78. The lowest BCUT2D eigenvalue weighted by Crippen LogP contribution is -2.23. The normalized spacial score (nSPS) is 25.9. The van der Waals surface area contributed by atoms with E-state index in [-0.39, 0.29) is 0 Å². The molecule has 4 heteroatoms. The highest BCUT2D eigenvalue weighted by Crippen LogP contribution is 2.37. The number of nitrogens with two attached hydrogens (primary N) is 1. The summed E-state index contributed by atoms with van der Waals surface area (Å²) in [6.45, 7) is 4.66. The summed E-state index contributed by atoms with van der Waals surface area (Å²) in [5, 5.41) is 11.3. The van der Waals surface area contributed by atoms with E-state index in [2.05, 4.69) is 24.0 Å². The second kappa shape index (κ2) is 5.95. The van der Waals surface area contributed by atoms with Gasteiger partial charge in [0.2, 0.25) is 0 Å². The molecule has 4 nitrogen and oxygen atoms in total. The van der Waals surface area contributed by atoms with Crippen molar-refractivity contribution in [2.45, 2.75) is 32.6 Å². The Morgan fingerprint density at radius 1 is 1.53 bits per heavy atom. The Morgan fingerprint density at radius 2 is 2.20 bits per heavy atom. The Kier molecular flexibility index (Phi) is 4.88. The van der Waals surface area contributed by atoms with Crippen LogP contribution in [0.25, 0.3) is 0 Å². The van der Waals surface area contributed by atoms with E-state index in [0.29, 0.717) is 12.3 Å². The molecular weight excluding hydrogens is 190 g/mol. The number of unbranched alkanes of at least 4 members (excludes halogenated alkanes) is 1. The molecule has 0 saturated heterocycles. The van der Waals surface area contributed by atoms with Crippen molar-refractivity contribution in [3.05, 3.63) is 0 Å². The van der Waals surface area contributed by atoms with Gasteiger partial charge in [0.1, 0.15) is 5.84 Å². The van der Waals surface area contributed by atoms with Gasteiger partial charge in [-0.2, -0.15) is 0 Å². The van der Waals surface area contributed by atoms with E-state index in [1.807, 2.05) is 0 Å². The van der Waals surface area contributed by atoms with Crippen LogP contribution >= 0.6 is 0 Å². The molecule has 1 aliphatic carbocycles. The summed E-state index contributed by atoms with van der Waals surface area (Å²) in [4.78, 5) is 2.39. The van der Waals surface area contributed by atoms with Gasteiger partial charge < -0.3 is 15.8 Å². The fourth-order valence-corrected chi connectivity index (χ4v) is 1.88. The summed E-state index contributed by atoms with van der Waals surface area (Å²) >= 11 is 0. The first-order valence-electron chi connectivity index (χ1n) is 5.78. The molecule has 1 rings (SSSR count). The van der Waals surface area contributed by atoms with Crippen LogP contribution < -0.4 is 5.73 Å². The highest BCUT2D eigenvalue weighted by molar-refractivity contribution is 5.79. The van der Waals surface area contributed by atoms with Gasteiger partial charge in [0.05, 0.1) is 0 Å². The average molecular weight is 213 g/mol. The second-order valence-corrected chi connectivity index (χ2v) is 4.78. The molecule has 88 valence electrons. The second-order valence-electron chi connectivity index (χ2n) is 4.78. The molecule has 0 spiro atoms. The van der Waals surface area contributed by atoms with Gasteiger partial charge in [-0.05, 0) is 44.7 Å². The Balaban J connectivity index is 1.95.